The van der Waals surface area contributed by atoms with Crippen LogP contribution in [0, 0.1) is 0 Å². The van der Waals surface area contributed by atoms with Gasteiger partial charge in [-0.1, -0.05) is 42.5 Å². The number of nitrogens with one attached hydrogen (secondary N) is 1. The smallest absolute Gasteiger partial charge is 0.244 e. The number of benzene rings is 3. The zero-order valence-corrected chi connectivity index (χ0v) is 22.3. The lowest BCUT2D eigenvalue weighted by molar-refractivity contribution is -0.125. The molecule has 40 heavy (non-hydrogen) atoms. The molecular formula is C32H30N2O6. The highest BCUT2D eigenvalue weighted by Crippen LogP contribution is 2.25. The Hall–Kier alpha value is -4.82. The Labute approximate surface area is 232 Å². The van der Waals surface area contributed by atoms with Crippen LogP contribution in [0.1, 0.15) is 27.0 Å². The van der Waals surface area contributed by atoms with Gasteiger partial charge in [0.2, 0.25) is 5.91 Å². The van der Waals surface area contributed by atoms with E-state index in [0.717, 1.165) is 16.5 Å². The second-order valence-corrected chi connectivity index (χ2v) is 9.16. The van der Waals surface area contributed by atoms with Crippen LogP contribution >= 0.6 is 0 Å². The topological polar surface area (TPSA) is 115 Å². The molecule has 0 radical (unpaired) electrons. The Morgan fingerprint density at radius 3 is 2.45 bits per heavy atom. The maximum atomic E-state index is 13.4. The monoisotopic (exact) mass is 538 g/mol. The van der Waals surface area contributed by atoms with E-state index in [1.54, 1.807) is 61.8 Å². The molecule has 0 aliphatic rings. The van der Waals surface area contributed by atoms with Crippen molar-refractivity contribution in [3.05, 3.63) is 107 Å². The Morgan fingerprint density at radius 2 is 1.73 bits per heavy atom. The van der Waals surface area contributed by atoms with Crippen molar-refractivity contribution < 1.29 is 29.0 Å². The minimum Gasteiger partial charge on any atom is -0.497 e. The highest BCUT2D eigenvalue weighted by Gasteiger charge is 2.21. The molecule has 0 fully saturated rings. The number of carbonyl (C=O) groups is 3. The number of aromatic nitrogens is 1. The van der Waals surface area contributed by atoms with E-state index in [9.17, 15) is 14.4 Å². The van der Waals surface area contributed by atoms with Crippen molar-refractivity contribution in [3.8, 4) is 11.5 Å². The van der Waals surface area contributed by atoms with E-state index >= 15 is 0 Å². The predicted molar refractivity (Wildman–Crippen MR) is 153 cm³/mol. The molecule has 3 aromatic carbocycles. The third-order valence-electron chi connectivity index (χ3n) is 6.44. The van der Waals surface area contributed by atoms with Gasteiger partial charge in [0.25, 0.3) is 0 Å². The van der Waals surface area contributed by atoms with E-state index in [1.807, 2.05) is 30.3 Å². The summed E-state index contributed by atoms with van der Waals surface area (Å²) in [6, 6.07) is 20.6. The van der Waals surface area contributed by atoms with Crippen molar-refractivity contribution in [3.63, 3.8) is 0 Å². The quantitative estimate of drug-likeness (QED) is 0.207. The summed E-state index contributed by atoms with van der Waals surface area (Å²) in [6.07, 6.45) is 4.96. The van der Waals surface area contributed by atoms with Crippen LogP contribution in [0.15, 0.2) is 85.1 Å². The van der Waals surface area contributed by atoms with Crippen molar-refractivity contribution in [1.82, 2.24) is 10.3 Å². The number of ether oxygens (including phenoxy) is 2. The second-order valence-electron chi connectivity index (χ2n) is 9.16. The number of hydrogen-bond donors (Lipinski definition) is 2. The minimum atomic E-state index is -0.828. The van der Waals surface area contributed by atoms with E-state index in [4.69, 9.17) is 14.6 Å². The first-order valence-corrected chi connectivity index (χ1v) is 12.7. The summed E-state index contributed by atoms with van der Waals surface area (Å²) in [5.74, 6) is 0.148. The van der Waals surface area contributed by atoms with Gasteiger partial charge in [-0.2, -0.15) is 0 Å². The van der Waals surface area contributed by atoms with Gasteiger partial charge >= 0.3 is 0 Å². The average Bonchev–Trinajstić information content (AvgIpc) is 2.99. The molecule has 0 aliphatic heterocycles. The van der Waals surface area contributed by atoms with E-state index in [2.05, 4.69) is 10.3 Å². The molecule has 4 rings (SSSR count). The number of amides is 1. The van der Waals surface area contributed by atoms with Crippen molar-refractivity contribution in [1.29, 1.82) is 0 Å². The number of aliphatic hydroxyl groups is 1. The van der Waals surface area contributed by atoms with Crippen LogP contribution in [0.5, 0.6) is 11.5 Å². The lowest BCUT2D eigenvalue weighted by Gasteiger charge is -2.17. The van der Waals surface area contributed by atoms with Gasteiger partial charge in [0.1, 0.15) is 18.1 Å². The van der Waals surface area contributed by atoms with Gasteiger partial charge in [0, 0.05) is 41.6 Å². The normalized spacial score (nSPS) is 11.8. The van der Waals surface area contributed by atoms with Crippen LogP contribution in [0.25, 0.3) is 17.0 Å². The molecule has 8 nitrogen and oxygen atoms in total. The summed E-state index contributed by atoms with van der Waals surface area (Å²) in [5.41, 5.74) is 3.34. The zero-order chi connectivity index (χ0) is 28.5. The maximum Gasteiger partial charge on any atom is 0.244 e. The fraction of sp³-hybridized carbons (Fsp3) is 0.188. The van der Waals surface area contributed by atoms with Gasteiger partial charge in [-0.3, -0.25) is 19.4 Å². The zero-order valence-electron chi connectivity index (χ0n) is 22.3. The van der Waals surface area contributed by atoms with Gasteiger partial charge in [0.05, 0.1) is 25.8 Å². The molecule has 0 aliphatic carbocycles. The molecule has 204 valence electrons. The molecule has 1 amide bonds. The largest absolute Gasteiger partial charge is 0.497 e. The highest BCUT2D eigenvalue weighted by molar-refractivity contribution is 5.98. The molecule has 0 spiro atoms. The lowest BCUT2D eigenvalue weighted by Crippen LogP contribution is -2.42. The number of carbonyl (C=O) groups excluding carboxylic acids is 3. The Kier molecular flexibility index (Phi) is 9.38. The summed E-state index contributed by atoms with van der Waals surface area (Å²) in [4.78, 5) is 42.6. The van der Waals surface area contributed by atoms with Crippen LogP contribution in [0.3, 0.4) is 0 Å². The second kappa shape index (κ2) is 13.3. The summed E-state index contributed by atoms with van der Waals surface area (Å²) in [5, 5.41) is 12.9. The van der Waals surface area contributed by atoms with Crippen molar-refractivity contribution in [2.45, 2.75) is 18.9 Å². The molecule has 1 atom stereocenters. The molecule has 0 saturated carbocycles. The van der Waals surface area contributed by atoms with Gasteiger partial charge in [-0.05, 0) is 47.5 Å². The highest BCUT2D eigenvalue weighted by atomic mass is 16.5. The number of fused-ring (bicyclic) bond motifs is 1. The third kappa shape index (κ3) is 7.18. The number of Topliss-reactive ketones (excluding diaryl/α,β-unsaturated/α-hetero) is 2. The molecule has 4 aromatic rings. The van der Waals surface area contributed by atoms with Crippen LogP contribution < -0.4 is 14.8 Å². The molecule has 0 bridgehead atoms. The molecule has 1 heterocycles. The number of nitrogens with zero attached hydrogens (tertiary/aromatic N) is 1. The molecule has 0 unspecified atom stereocenters. The number of rotatable bonds is 12. The first kappa shape index (κ1) is 28.2. The first-order chi connectivity index (χ1) is 19.4. The van der Waals surface area contributed by atoms with Crippen LogP contribution in [0.2, 0.25) is 0 Å². The van der Waals surface area contributed by atoms with E-state index in [-0.39, 0.29) is 18.6 Å². The maximum absolute atomic E-state index is 13.4. The van der Waals surface area contributed by atoms with E-state index in [1.165, 1.54) is 13.2 Å². The lowest BCUT2D eigenvalue weighted by atomic mass is 9.97. The Bertz CT molecular complexity index is 1550. The van der Waals surface area contributed by atoms with Crippen LogP contribution in [-0.4, -0.2) is 54.4 Å². The number of methoxy groups -OCH3 is 2. The van der Waals surface area contributed by atoms with Crippen molar-refractivity contribution in [2.24, 2.45) is 0 Å². The molecule has 0 saturated heterocycles. The average molecular weight is 539 g/mol. The van der Waals surface area contributed by atoms with Gasteiger partial charge < -0.3 is 19.9 Å². The van der Waals surface area contributed by atoms with E-state index < -0.39 is 24.3 Å². The minimum absolute atomic E-state index is 0.0486. The number of para-hydroxylation sites is 1. The molecular weight excluding hydrogens is 508 g/mol. The number of ketones is 2. The fourth-order valence-electron chi connectivity index (χ4n) is 4.29. The number of pyridine rings is 1. The summed E-state index contributed by atoms with van der Waals surface area (Å²) < 4.78 is 10.6. The Morgan fingerprint density at radius 1 is 0.950 bits per heavy atom. The fourth-order valence-corrected chi connectivity index (χ4v) is 4.29. The van der Waals surface area contributed by atoms with Crippen LogP contribution in [-0.2, 0) is 22.4 Å². The van der Waals surface area contributed by atoms with Gasteiger partial charge in [-0.15, -0.1) is 0 Å². The molecule has 2 N–H and O–H groups in total. The Balaban J connectivity index is 1.55. The standard InChI is InChI=1S/C32H30N2O6/c1-39-26-12-13-31(40-2)25(18-26)11-14-32(38)34-28(16-22-15-24-5-3-4-6-27(24)33-19-22)29(36)17-21-7-9-23(10-8-21)30(37)20-35/h3-15,18-19,28,35H,16-17,20H2,1-2H3,(H,34,38)/b14-11+/t28-/m0/s1. The van der Waals surface area contributed by atoms with Crippen molar-refractivity contribution >= 4 is 34.5 Å². The number of hydrogen-bond acceptors (Lipinski definition) is 7. The first-order valence-electron chi connectivity index (χ1n) is 12.7. The van der Waals surface area contributed by atoms with Crippen LogP contribution in [0.4, 0.5) is 0 Å². The summed E-state index contributed by atoms with van der Waals surface area (Å²) >= 11 is 0. The third-order valence-corrected chi connectivity index (χ3v) is 6.44. The molecule has 8 heteroatoms. The molecule has 1 aromatic heterocycles. The SMILES string of the molecule is COc1ccc(OC)c(/C=C/C(=O)N[C@@H](Cc2cnc3ccccc3c2)C(=O)Cc2ccc(C(=O)CO)cc2)c1. The van der Waals surface area contributed by atoms with Gasteiger partial charge in [-0.25, -0.2) is 0 Å². The predicted octanol–water partition coefficient (Wildman–Crippen LogP) is 3.98. The van der Waals surface area contributed by atoms with Gasteiger partial charge in [0.15, 0.2) is 11.6 Å². The summed E-state index contributed by atoms with van der Waals surface area (Å²) in [7, 11) is 3.09. The number of aliphatic hydroxyl groups excluding tert-OH is 1. The van der Waals surface area contributed by atoms with Crippen molar-refractivity contribution in [2.75, 3.05) is 20.8 Å². The van der Waals surface area contributed by atoms with E-state index in [0.29, 0.717) is 28.2 Å². The summed E-state index contributed by atoms with van der Waals surface area (Å²) in [6.45, 7) is -0.582.